The number of carbonyl (C=O) groups is 1. The van der Waals surface area contributed by atoms with Crippen LogP contribution in [0.25, 0.3) is 10.1 Å². The largest absolute Gasteiger partial charge is 0.373 e. The fraction of sp³-hybridized carbons (Fsp3) is 0.467. The van der Waals surface area contributed by atoms with Crippen LogP contribution in [-0.2, 0) is 16.0 Å². The van der Waals surface area contributed by atoms with Crippen LogP contribution in [0.15, 0.2) is 24.3 Å². The van der Waals surface area contributed by atoms with Crippen molar-refractivity contribution in [2.24, 2.45) is 5.73 Å². The van der Waals surface area contributed by atoms with E-state index in [-0.39, 0.29) is 30.5 Å². The van der Waals surface area contributed by atoms with Gasteiger partial charge in [-0.05, 0) is 24.5 Å². The number of ether oxygens (including phenoxy) is 1. The molecular weight excluding hydrogens is 322 g/mol. The smallest absolute Gasteiger partial charge is 0.228 e. The van der Waals surface area contributed by atoms with E-state index in [9.17, 15) is 4.79 Å². The van der Waals surface area contributed by atoms with Crippen LogP contribution in [0.3, 0.4) is 0 Å². The summed E-state index contributed by atoms with van der Waals surface area (Å²) in [5.74, 6) is 0.0972. The SMILES string of the molecule is CC(N)C1CN(C(=O)Cc2nsc3ccccc23)CCO1.Cl. The predicted octanol–water partition coefficient (Wildman–Crippen LogP) is 1.84. The fourth-order valence-electron chi connectivity index (χ4n) is 2.54. The van der Waals surface area contributed by atoms with Gasteiger partial charge in [0.2, 0.25) is 5.91 Å². The minimum Gasteiger partial charge on any atom is -0.373 e. The molecule has 2 atom stereocenters. The van der Waals surface area contributed by atoms with E-state index in [0.717, 1.165) is 15.8 Å². The molecule has 1 aliphatic rings. The Bertz CT molecular complexity index is 647. The molecule has 7 heteroatoms. The van der Waals surface area contributed by atoms with Gasteiger partial charge in [-0.2, -0.15) is 4.37 Å². The van der Waals surface area contributed by atoms with Crippen molar-refractivity contribution in [2.75, 3.05) is 19.7 Å². The number of rotatable bonds is 3. The first-order valence-electron chi connectivity index (χ1n) is 7.13. The highest BCUT2D eigenvalue weighted by Crippen LogP contribution is 2.23. The number of hydrogen-bond acceptors (Lipinski definition) is 5. The lowest BCUT2D eigenvalue weighted by atomic mass is 10.1. The minimum atomic E-state index is -0.0742. The molecule has 120 valence electrons. The summed E-state index contributed by atoms with van der Waals surface area (Å²) in [6.45, 7) is 3.66. The molecule has 2 aromatic rings. The molecule has 0 bridgehead atoms. The molecule has 1 aliphatic heterocycles. The lowest BCUT2D eigenvalue weighted by molar-refractivity contribution is -0.138. The molecule has 0 aliphatic carbocycles. The van der Waals surface area contributed by atoms with Crippen LogP contribution < -0.4 is 5.73 Å². The molecule has 1 aromatic heterocycles. The molecule has 0 radical (unpaired) electrons. The fourth-order valence-corrected chi connectivity index (χ4v) is 3.34. The molecule has 1 saturated heterocycles. The molecule has 0 saturated carbocycles. The van der Waals surface area contributed by atoms with Gasteiger partial charge in [0.25, 0.3) is 0 Å². The maximum Gasteiger partial charge on any atom is 0.228 e. The van der Waals surface area contributed by atoms with Crippen molar-refractivity contribution in [3.8, 4) is 0 Å². The summed E-state index contributed by atoms with van der Waals surface area (Å²) >= 11 is 1.44. The molecule has 1 fully saturated rings. The Hall–Kier alpha value is -1.21. The monoisotopic (exact) mass is 341 g/mol. The van der Waals surface area contributed by atoms with Gasteiger partial charge in [0, 0.05) is 24.5 Å². The van der Waals surface area contributed by atoms with E-state index in [4.69, 9.17) is 10.5 Å². The summed E-state index contributed by atoms with van der Waals surface area (Å²) in [5.41, 5.74) is 6.73. The van der Waals surface area contributed by atoms with Crippen LogP contribution >= 0.6 is 23.9 Å². The van der Waals surface area contributed by atoms with Gasteiger partial charge in [-0.25, -0.2) is 0 Å². The van der Waals surface area contributed by atoms with Crippen molar-refractivity contribution in [3.63, 3.8) is 0 Å². The molecule has 1 aromatic carbocycles. The van der Waals surface area contributed by atoms with E-state index in [1.807, 2.05) is 36.1 Å². The van der Waals surface area contributed by atoms with Crippen molar-refractivity contribution in [3.05, 3.63) is 30.0 Å². The summed E-state index contributed by atoms with van der Waals surface area (Å²) < 4.78 is 11.1. The second-order valence-corrected chi connectivity index (χ2v) is 6.22. The van der Waals surface area contributed by atoms with Crippen LogP contribution in [0.5, 0.6) is 0 Å². The minimum absolute atomic E-state index is 0. The Morgan fingerprint density at radius 2 is 2.32 bits per heavy atom. The standard InChI is InChI=1S/C15H19N3O2S.ClH/c1-10(16)13-9-18(6-7-20-13)15(19)8-12-11-4-2-3-5-14(11)21-17-12;/h2-5,10,13H,6-9,16H2,1H3;1H. The molecule has 3 rings (SSSR count). The normalized spacial score (nSPS) is 19.7. The van der Waals surface area contributed by atoms with Crippen LogP contribution in [-0.4, -0.2) is 47.0 Å². The number of hydrogen-bond donors (Lipinski definition) is 1. The predicted molar refractivity (Wildman–Crippen MR) is 90.5 cm³/mol. The van der Waals surface area contributed by atoms with Crippen LogP contribution in [0.1, 0.15) is 12.6 Å². The summed E-state index contributed by atoms with van der Waals surface area (Å²) in [6, 6.07) is 7.95. The Morgan fingerprint density at radius 3 is 3.09 bits per heavy atom. The third kappa shape index (κ3) is 3.57. The second kappa shape index (κ2) is 7.37. The first kappa shape index (κ1) is 17.1. The van der Waals surface area contributed by atoms with Gasteiger partial charge in [0.15, 0.2) is 0 Å². The molecular formula is C15H20ClN3O2S. The van der Waals surface area contributed by atoms with Crippen molar-refractivity contribution in [2.45, 2.75) is 25.5 Å². The maximum absolute atomic E-state index is 12.5. The first-order chi connectivity index (χ1) is 10.1. The van der Waals surface area contributed by atoms with Crippen molar-refractivity contribution in [1.82, 2.24) is 9.27 Å². The number of fused-ring (bicyclic) bond motifs is 1. The average molecular weight is 342 g/mol. The zero-order valence-corrected chi connectivity index (χ0v) is 14.0. The Labute approximate surface area is 140 Å². The average Bonchev–Trinajstić information content (AvgIpc) is 2.91. The number of morpholine rings is 1. The van der Waals surface area contributed by atoms with Crippen LogP contribution in [0.4, 0.5) is 0 Å². The molecule has 1 amide bonds. The highest BCUT2D eigenvalue weighted by Gasteiger charge is 2.27. The third-order valence-corrected chi connectivity index (χ3v) is 4.67. The molecule has 2 heterocycles. The molecule has 0 spiro atoms. The highest BCUT2D eigenvalue weighted by atomic mass is 35.5. The number of benzene rings is 1. The number of amides is 1. The highest BCUT2D eigenvalue weighted by molar-refractivity contribution is 7.13. The zero-order chi connectivity index (χ0) is 14.8. The Morgan fingerprint density at radius 1 is 1.55 bits per heavy atom. The number of halogens is 1. The van der Waals surface area contributed by atoms with Gasteiger partial charge >= 0.3 is 0 Å². The molecule has 5 nitrogen and oxygen atoms in total. The van der Waals surface area contributed by atoms with Gasteiger partial charge in [-0.15, -0.1) is 12.4 Å². The Balaban J connectivity index is 0.00000176. The summed E-state index contributed by atoms with van der Waals surface area (Å²) in [7, 11) is 0. The van der Waals surface area contributed by atoms with Crippen molar-refractivity contribution in [1.29, 1.82) is 0 Å². The maximum atomic E-state index is 12.5. The van der Waals surface area contributed by atoms with Gasteiger partial charge in [0.05, 0.1) is 29.5 Å². The Kier molecular flexibility index (Phi) is 5.74. The first-order valence-corrected chi connectivity index (χ1v) is 7.90. The van der Waals surface area contributed by atoms with E-state index in [2.05, 4.69) is 4.37 Å². The summed E-state index contributed by atoms with van der Waals surface area (Å²) in [5, 5.41) is 1.08. The topological polar surface area (TPSA) is 68.5 Å². The van der Waals surface area contributed by atoms with Crippen molar-refractivity contribution >= 4 is 39.9 Å². The number of nitrogens with two attached hydrogens (primary N) is 1. The number of carbonyl (C=O) groups excluding carboxylic acids is 1. The van der Waals surface area contributed by atoms with Crippen LogP contribution in [0, 0.1) is 0 Å². The second-order valence-electron chi connectivity index (χ2n) is 5.41. The van der Waals surface area contributed by atoms with E-state index >= 15 is 0 Å². The van der Waals surface area contributed by atoms with E-state index in [0.29, 0.717) is 26.1 Å². The van der Waals surface area contributed by atoms with Crippen molar-refractivity contribution < 1.29 is 9.53 Å². The van der Waals surface area contributed by atoms with E-state index in [1.54, 1.807) is 0 Å². The van der Waals surface area contributed by atoms with Gasteiger partial charge < -0.3 is 15.4 Å². The molecule has 2 unspecified atom stereocenters. The van der Waals surface area contributed by atoms with Gasteiger partial charge in [-0.1, -0.05) is 18.2 Å². The quantitative estimate of drug-likeness (QED) is 0.924. The molecule has 22 heavy (non-hydrogen) atoms. The molecule has 2 N–H and O–H groups in total. The summed E-state index contributed by atoms with van der Waals surface area (Å²) in [4.78, 5) is 14.3. The third-order valence-electron chi connectivity index (χ3n) is 3.80. The number of aromatic nitrogens is 1. The van der Waals surface area contributed by atoms with Gasteiger partial charge in [0.1, 0.15) is 0 Å². The lowest BCUT2D eigenvalue weighted by Crippen LogP contribution is -2.51. The van der Waals surface area contributed by atoms with Crippen LogP contribution in [0.2, 0.25) is 0 Å². The zero-order valence-electron chi connectivity index (χ0n) is 12.4. The lowest BCUT2D eigenvalue weighted by Gasteiger charge is -2.34. The summed E-state index contributed by atoms with van der Waals surface area (Å²) in [6.07, 6.45) is 0.269. The number of nitrogens with zero attached hydrogens (tertiary/aromatic N) is 2. The van der Waals surface area contributed by atoms with E-state index in [1.165, 1.54) is 11.5 Å². The van der Waals surface area contributed by atoms with Gasteiger partial charge in [-0.3, -0.25) is 4.79 Å². The van der Waals surface area contributed by atoms with E-state index < -0.39 is 0 Å².